The highest BCUT2D eigenvalue weighted by molar-refractivity contribution is 5.83. The Hall–Kier alpha value is -2.59. The van der Waals surface area contributed by atoms with Gasteiger partial charge in [0.25, 0.3) is 0 Å². The summed E-state index contributed by atoms with van der Waals surface area (Å²) < 4.78 is 7.18. The lowest BCUT2D eigenvalue weighted by Gasteiger charge is -2.17. The summed E-state index contributed by atoms with van der Waals surface area (Å²) in [6.45, 7) is 1.70. The van der Waals surface area contributed by atoms with E-state index in [-0.39, 0.29) is 12.6 Å². The second kappa shape index (κ2) is 7.03. The minimum absolute atomic E-state index is 0.141. The van der Waals surface area contributed by atoms with E-state index < -0.39 is 24.5 Å². The van der Waals surface area contributed by atoms with Crippen molar-refractivity contribution in [3.63, 3.8) is 0 Å². The van der Waals surface area contributed by atoms with E-state index in [0.717, 1.165) is 12.8 Å². The fourth-order valence-corrected chi connectivity index (χ4v) is 4.29. The van der Waals surface area contributed by atoms with Crippen molar-refractivity contribution >= 4 is 17.0 Å². The standard InChI is InChI=1S/C20H23N5O4/c1-10-2-3-11-4-5-13(12(11)6-10)24-18-15-19(22-8-21-18)25(9-23-15)20-17(28)16(27)14(7-26)29-20/h2-3,6,8-9,13-14,16-17,20,26-28H,4-5,7H2,1H3,(H,21,22,24)/t13?,14-,16-,17-,20-/m1/s1. The van der Waals surface area contributed by atoms with E-state index in [1.807, 2.05) is 0 Å². The Balaban J connectivity index is 1.47. The number of hydrogen-bond acceptors (Lipinski definition) is 8. The summed E-state index contributed by atoms with van der Waals surface area (Å²) in [7, 11) is 0. The van der Waals surface area contributed by atoms with Crippen molar-refractivity contribution < 1.29 is 20.1 Å². The molecule has 9 heteroatoms. The highest BCUT2D eigenvalue weighted by Crippen LogP contribution is 2.36. The summed E-state index contributed by atoms with van der Waals surface area (Å²) in [6.07, 6.45) is 0.821. The number of aromatic nitrogens is 4. The van der Waals surface area contributed by atoms with Gasteiger partial charge in [0, 0.05) is 0 Å². The number of aryl methyl sites for hydroxylation is 2. The average molecular weight is 397 g/mol. The van der Waals surface area contributed by atoms with E-state index in [1.165, 1.54) is 29.3 Å². The van der Waals surface area contributed by atoms with Crippen molar-refractivity contribution in [2.24, 2.45) is 0 Å². The smallest absolute Gasteiger partial charge is 0.167 e. The molecule has 4 N–H and O–H groups in total. The number of fused-ring (bicyclic) bond motifs is 2. The molecular formula is C20H23N5O4. The van der Waals surface area contributed by atoms with E-state index >= 15 is 0 Å². The van der Waals surface area contributed by atoms with Gasteiger partial charge in [0.15, 0.2) is 23.2 Å². The van der Waals surface area contributed by atoms with Crippen LogP contribution in [0.25, 0.3) is 11.2 Å². The first-order valence-electron chi connectivity index (χ1n) is 9.72. The maximum Gasteiger partial charge on any atom is 0.167 e. The zero-order chi connectivity index (χ0) is 20.1. The molecule has 1 unspecified atom stereocenters. The minimum Gasteiger partial charge on any atom is -0.394 e. The minimum atomic E-state index is -1.19. The van der Waals surface area contributed by atoms with Crippen molar-refractivity contribution in [2.75, 3.05) is 11.9 Å². The number of nitrogens with zero attached hydrogens (tertiary/aromatic N) is 4. The van der Waals surface area contributed by atoms with Gasteiger partial charge in [-0.2, -0.15) is 0 Å². The first kappa shape index (κ1) is 18.4. The Morgan fingerprint density at radius 1 is 1.21 bits per heavy atom. The number of ether oxygens (including phenoxy) is 1. The molecule has 3 heterocycles. The number of aliphatic hydroxyl groups is 3. The molecule has 5 atom stereocenters. The topological polar surface area (TPSA) is 126 Å². The summed E-state index contributed by atoms with van der Waals surface area (Å²) in [5.74, 6) is 0.611. The van der Waals surface area contributed by atoms with Crippen molar-refractivity contribution in [1.82, 2.24) is 19.5 Å². The van der Waals surface area contributed by atoms with Crippen LogP contribution in [0.2, 0.25) is 0 Å². The van der Waals surface area contributed by atoms with Crippen LogP contribution >= 0.6 is 0 Å². The normalized spacial score (nSPS) is 28.8. The number of imidazole rings is 1. The Morgan fingerprint density at radius 3 is 2.86 bits per heavy atom. The van der Waals surface area contributed by atoms with Crippen LogP contribution in [0.1, 0.15) is 35.4 Å². The maximum atomic E-state index is 10.3. The number of aliphatic hydroxyl groups excluding tert-OH is 3. The zero-order valence-corrected chi connectivity index (χ0v) is 15.9. The summed E-state index contributed by atoms with van der Waals surface area (Å²) in [5, 5.41) is 33.2. The van der Waals surface area contributed by atoms with Crippen LogP contribution in [0, 0.1) is 6.92 Å². The number of hydrogen-bond donors (Lipinski definition) is 4. The van der Waals surface area contributed by atoms with E-state index in [9.17, 15) is 15.3 Å². The van der Waals surface area contributed by atoms with Crippen LogP contribution in [0.5, 0.6) is 0 Å². The molecule has 0 saturated carbocycles. The van der Waals surface area contributed by atoms with Crippen LogP contribution < -0.4 is 5.32 Å². The van der Waals surface area contributed by atoms with Gasteiger partial charge in [-0.25, -0.2) is 15.0 Å². The summed E-state index contributed by atoms with van der Waals surface area (Å²) in [5.41, 5.74) is 4.89. The Morgan fingerprint density at radius 2 is 2.07 bits per heavy atom. The fraction of sp³-hybridized carbons (Fsp3) is 0.450. The van der Waals surface area contributed by atoms with Gasteiger partial charge in [0.05, 0.1) is 19.0 Å². The molecule has 0 amide bonds. The third-order valence-corrected chi connectivity index (χ3v) is 5.84. The average Bonchev–Trinajstić information content (AvgIpc) is 3.40. The third-order valence-electron chi connectivity index (χ3n) is 5.84. The van der Waals surface area contributed by atoms with Gasteiger partial charge in [0.2, 0.25) is 0 Å². The first-order valence-corrected chi connectivity index (χ1v) is 9.72. The van der Waals surface area contributed by atoms with E-state index in [2.05, 4.69) is 45.4 Å². The molecule has 1 aromatic carbocycles. The molecular weight excluding hydrogens is 374 g/mol. The quantitative estimate of drug-likeness (QED) is 0.510. The lowest BCUT2D eigenvalue weighted by molar-refractivity contribution is -0.0511. The van der Waals surface area contributed by atoms with Crippen LogP contribution in [0.3, 0.4) is 0 Å². The molecule has 2 aliphatic rings. The molecule has 3 aromatic rings. The first-order chi connectivity index (χ1) is 14.1. The van der Waals surface area contributed by atoms with Gasteiger partial charge in [-0.1, -0.05) is 23.8 Å². The van der Waals surface area contributed by atoms with Gasteiger partial charge in [-0.05, 0) is 30.9 Å². The van der Waals surface area contributed by atoms with E-state index in [4.69, 9.17) is 4.74 Å². The molecule has 0 spiro atoms. The van der Waals surface area contributed by atoms with Gasteiger partial charge in [-0.15, -0.1) is 0 Å². The van der Waals surface area contributed by atoms with Crippen LogP contribution in [0.15, 0.2) is 30.9 Å². The summed E-state index contributed by atoms with van der Waals surface area (Å²) in [4.78, 5) is 13.1. The second-order valence-electron chi connectivity index (χ2n) is 7.71. The molecule has 1 saturated heterocycles. The van der Waals surface area contributed by atoms with Crippen molar-refractivity contribution in [3.05, 3.63) is 47.5 Å². The molecule has 0 bridgehead atoms. The molecule has 2 aromatic heterocycles. The molecule has 0 radical (unpaired) electrons. The molecule has 1 aliphatic heterocycles. The van der Waals surface area contributed by atoms with Gasteiger partial charge < -0.3 is 25.4 Å². The predicted molar refractivity (Wildman–Crippen MR) is 104 cm³/mol. The van der Waals surface area contributed by atoms with E-state index in [0.29, 0.717) is 17.0 Å². The number of nitrogens with one attached hydrogen (secondary N) is 1. The number of benzene rings is 1. The van der Waals surface area contributed by atoms with Gasteiger partial charge in [-0.3, -0.25) is 4.57 Å². The van der Waals surface area contributed by atoms with Gasteiger partial charge in [0.1, 0.15) is 24.6 Å². The zero-order valence-electron chi connectivity index (χ0n) is 15.9. The largest absolute Gasteiger partial charge is 0.394 e. The van der Waals surface area contributed by atoms with Crippen LogP contribution in [0.4, 0.5) is 5.82 Å². The highest BCUT2D eigenvalue weighted by Gasteiger charge is 2.44. The monoisotopic (exact) mass is 397 g/mol. The van der Waals surface area contributed by atoms with Crippen LogP contribution in [-0.4, -0.2) is 59.8 Å². The number of rotatable bonds is 4. The van der Waals surface area contributed by atoms with Crippen molar-refractivity contribution in [1.29, 1.82) is 0 Å². The maximum absolute atomic E-state index is 10.3. The predicted octanol–water partition coefficient (Wildman–Crippen LogP) is 0.846. The molecule has 29 heavy (non-hydrogen) atoms. The fourth-order valence-electron chi connectivity index (χ4n) is 4.29. The summed E-state index contributed by atoms with van der Waals surface area (Å²) in [6, 6.07) is 6.66. The van der Waals surface area contributed by atoms with Crippen LogP contribution in [-0.2, 0) is 11.2 Å². The lowest BCUT2D eigenvalue weighted by Crippen LogP contribution is -2.33. The third kappa shape index (κ3) is 2.98. The van der Waals surface area contributed by atoms with Gasteiger partial charge >= 0.3 is 0 Å². The highest BCUT2D eigenvalue weighted by atomic mass is 16.6. The summed E-state index contributed by atoms with van der Waals surface area (Å²) >= 11 is 0. The molecule has 9 nitrogen and oxygen atoms in total. The Labute approximate surface area is 167 Å². The SMILES string of the molecule is Cc1ccc2c(c1)C(Nc1ncnc3c1ncn3[C@@H]1O[C@H](CO)[C@@H](O)[C@H]1O)CC2. The molecule has 1 fully saturated rings. The van der Waals surface area contributed by atoms with Crippen molar-refractivity contribution in [2.45, 2.75) is 50.3 Å². The Bertz CT molecular complexity index is 1050. The Kier molecular flexibility index (Phi) is 4.47. The van der Waals surface area contributed by atoms with E-state index in [1.54, 1.807) is 4.57 Å². The second-order valence-corrected chi connectivity index (χ2v) is 7.71. The number of anilines is 1. The van der Waals surface area contributed by atoms with Crippen molar-refractivity contribution in [3.8, 4) is 0 Å². The molecule has 5 rings (SSSR count). The molecule has 1 aliphatic carbocycles. The lowest BCUT2D eigenvalue weighted by atomic mass is 10.1. The molecule has 152 valence electrons.